The summed E-state index contributed by atoms with van der Waals surface area (Å²) in [4.78, 5) is 17.9. The van der Waals surface area contributed by atoms with Crippen molar-refractivity contribution in [2.45, 2.75) is 33.1 Å². The standard InChI is InChI=1S/C18H20N4O/c1-5-22-16-8-11-7-14(15-6-10(2)20-21-15)19-13(11)9-12(16)18(3,4)17(22)23/h6-9,19H,5H2,1-4H3,(H,20,21). The molecule has 0 saturated heterocycles. The molecule has 0 aliphatic carbocycles. The molecule has 0 radical (unpaired) electrons. The lowest BCUT2D eigenvalue weighted by Crippen LogP contribution is -2.35. The summed E-state index contributed by atoms with van der Waals surface area (Å²) in [5, 5.41) is 8.33. The van der Waals surface area contributed by atoms with Gasteiger partial charge in [-0.3, -0.25) is 9.89 Å². The Balaban J connectivity index is 1.91. The van der Waals surface area contributed by atoms with E-state index in [9.17, 15) is 4.79 Å². The number of aromatic amines is 2. The molecule has 1 aromatic carbocycles. The highest BCUT2D eigenvalue weighted by molar-refractivity contribution is 6.10. The minimum atomic E-state index is -0.477. The molecule has 5 nitrogen and oxygen atoms in total. The normalized spacial score (nSPS) is 16.3. The largest absolute Gasteiger partial charge is 0.353 e. The van der Waals surface area contributed by atoms with Crippen LogP contribution >= 0.6 is 0 Å². The SMILES string of the molecule is CCN1C(=O)C(C)(C)c2cc3[nH]c(-c4cc(C)n[nH]4)cc3cc21. The van der Waals surface area contributed by atoms with Gasteiger partial charge in [0.25, 0.3) is 0 Å². The summed E-state index contributed by atoms with van der Waals surface area (Å²) in [6.45, 7) is 8.67. The summed E-state index contributed by atoms with van der Waals surface area (Å²) in [6.07, 6.45) is 0. The van der Waals surface area contributed by atoms with E-state index in [4.69, 9.17) is 0 Å². The molecule has 1 aliphatic heterocycles. The second-order valence-corrected chi connectivity index (χ2v) is 6.74. The number of benzene rings is 1. The molecule has 0 unspecified atom stereocenters. The van der Waals surface area contributed by atoms with E-state index in [0.29, 0.717) is 6.54 Å². The Morgan fingerprint density at radius 3 is 2.61 bits per heavy atom. The van der Waals surface area contributed by atoms with E-state index >= 15 is 0 Å². The Labute approximate surface area is 134 Å². The van der Waals surface area contributed by atoms with Gasteiger partial charge in [0.15, 0.2) is 0 Å². The summed E-state index contributed by atoms with van der Waals surface area (Å²) in [7, 11) is 0. The van der Waals surface area contributed by atoms with Gasteiger partial charge in [0.1, 0.15) is 0 Å². The van der Waals surface area contributed by atoms with Gasteiger partial charge in [-0.25, -0.2) is 0 Å². The van der Waals surface area contributed by atoms with Gasteiger partial charge in [-0.15, -0.1) is 0 Å². The van der Waals surface area contributed by atoms with Crippen LogP contribution in [0.5, 0.6) is 0 Å². The van der Waals surface area contributed by atoms with Crippen LogP contribution in [0.4, 0.5) is 5.69 Å². The van der Waals surface area contributed by atoms with Gasteiger partial charge in [-0.1, -0.05) is 0 Å². The first kappa shape index (κ1) is 14.1. The number of fused-ring (bicyclic) bond motifs is 2. The number of likely N-dealkylation sites (N-methyl/N-ethyl adjacent to an activating group) is 1. The highest BCUT2D eigenvalue weighted by Crippen LogP contribution is 2.43. The number of hydrogen-bond acceptors (Lipinski definition) is 2. The number of aromatic nitrogens is 3. The molecule has 0 saturated carbocycles. The molecule has 2 aromatic heterocycles. The maximum Gasteiger partial charge on any atom is 0.237 e. The van der Waals surface area contributed by atoms with Crippen molar-refractivity contribution >= 4 is 22.5 Å². The van der Waals surface area contributed by atoms with Crippen LogP contribution in [0.1, 0.15) is 32.0 Å². The minimum absolute atomic E-state index is 0.173. The molecule has 4 rings (SSSR count). The van der Waals surface area contributed by atoms with Crippen LogP contribution in [0.15, 0.2) is 24.3 Å². The number of rotatable bonds is 2. The average Bonchev–Trinajstić information content (AvgIpc) is 3.15. The maximum absolute atomic E-state index is 12.6. The van der Waals surface area contributed by atoms with Gasteiger partial charge in [0.05, 0.1) is 22.5 Å². The molecule has 0 spiro atoms. The zero-order valence-corrected chi connectivity index (χ0v) is 13.8. The summed E-state index contributed by atoms with van der Waals surface area (Å²) in [6, 6.07) is 8.35. The van der Waals surface area contributed by atoms with Crippen molar-refractivity contribution in [1.82, 2.24) is 15.2 Å². The molecule has 1 amide bonds. The summed E-state index contributed by atoms with van der Waals surface area (Å²) < 4.78 is 0. The van der Waals surface area contributed by atoms with Gasteiger partial charge in [-0.05, 0) is 57.5 Å². The lowest BCUT2D eigenvalue weighted by molar-refractivity contribution is -0.122. The fourth-order valence-corrected chi connectivity index (χ4v) is 3.47. The molecule has 3 heterocycles. The third kappa shape index (κ3) is 1.86. The van der Waals surface area contributed by atoms with Crippen molar-refractivity contribution in [2.75, 3.05) is 11.4 Å². The van der Waals surface area contributed by atoms with E-state index in [0.717, 1.165) is 39.2 Å². The molecule has 0 fully saturated rings. The van der Waals surface area contributed by atoms with Crippen molar-refractivity contribution in [3.05, 3.63) is 35.5 Å². The van der Waals surface area contributed by atoms with Crippen LogP contribution in [0, 0.1) is 6.92 Å². The van der Waals surface area contributed by atoms with Crippen LogP contribution in [0.2, 0.25) is 0 Å². The quantitative estimate of drug-likeness (QED) is 0.761. The first-order chi connectivity index (χ1) is 10.9. The Bertz CT molecular complexity index is 932. The molecule has 2 N–H and O–H groups in total. The third-order valence-electron chi connectivity index (χ3n) is 4.79. The van der Waals surface area contributed by atoms with Crippen LogP contribution in [-0.2, 0) is 10.2 Å². The molecule has 5 heteroatoms. The number of nitrogens with one attached hydrogen (secondary N) is 2. The predicted molar refractivity (Wildman–Crippen MR) is 91.7 cm³/mol. The van der Waals surface area contributed by atoms with Crippen molar-refractivity contribution in [3.63, 3.8) is 0 Å². The second kappa shape index (κ2) is 4.47. The number of H-pyrrole nitrogens is 2. The summed E-state index contributed by atoms with van der Waals surface area (Å²) >= 11 is 0. The van der Waals surface area contributed by atoms with Gasteiger partial charge < -0.3 is 9.88 Å². The van der Waals surface area contributed by atoms with Gasteiger partial charge >= 0.3 is 0 Å². The zero-order chi connectivity index (χ0) is 16.4. The summed E-state index contributed by atoms with van der Waals surface area (Å²) in [5.74, 6) is 0.173. The van der Waals surface area contributed by atoms with E-state index in [1.54, 1.807) is 0 Å². The topological polar surface area (TPSA) is 64.8 Å². The Morgan fingerprint density at radius 1 is 1.17 bits per heavy atom. The van der Waals surface area contributed by atoms with Crippen molar-refractivity contribution in [1.29, 1.82) is 0 Å². The lowest BCUT2D eigenvalue weighted by atomic mass is 9.86. The zero-order valence-electron chi connectivity index (χ0n) is 13.8. The van der Waals surface area contributed by atoms with E-state index in [-0.39, 0.29) is 5.91 Å². The van der Waals surface area contributed by atoms with E-state index < -0.39 is 5.41 Å². The fraction of sp³-hybridized carbons (Fsp3) is 0.333. The smallest absolute Gasteiger partial charge is 0.237 e. The number of aryl methyl sites for hydroxylation is 1. The highest BCUT2D eigenvalue weighted by Gasteiger charge is 2.43. The number of anilines is 1. The van der Waals surface area contributed by atoms with Gasteiger partial charge in [0, 0.05) is 23.1 Å². The Kier molecular flexibility index (Phi) is 2.73. The van der Waals surface area contributed by atoms with Gasteiger partial charge in [0.2, 0.25) is 5.91 Å². The third-order valence-corrected chi connectivity index (χ3v) is 4.79. The number of carbonyl (C=O) groups excluding carboxylic acids is 1. The molecular formula is C18H20N4O. The molecule has 118 valence electrons. The molecule has 1 aliphatic rings. The molecule has 0 bridgehead atoms. The van der Waals surface area contributed by atoms with E-state index in [1.807, 2.05) is 38.7 Å². The average molecular weight is 308 g/mol. The number of amides is 1. The van der Waals surface area contributed by atoms with Crippen LogP contribution < -0.4 is 4.90 Å². The lowest BCUT2D eigenvalue weighted by Gasteiger charge is -2.18. The predicted octanol–water partition coefficient (Wildman–Crippen LogP) is 3.51. The molecule has 3 aromatic rings. The van der Waals surface area contributed by atoms with Crippen LogP contribution in [0.25, 0.3) is 22.3 Å². The Morgan fingerprint density at radius 2 is 1.96 bits per heavy atom. The van der Waals surface area contributed by atoms with E-state index in [1.165, 1.54) is 0 Å². The minimum Gasteiger partial charge on any atom is -0.353 e. The highest BCUT2D eigenvalue weighted by atomic mass is 16.2. The molecule has 0 atom stereocenters. The van der Waals surface area contributed by atoms with Crippen molar-refractivity contribution < 1.29 is 4.79 Å². The number of nitrogens with zero attached hydrogens (tertiary/aromatic N) is 2. The van der Waals surface area contributed by atoms with E-state index in [2.05, 4.69) is 33.4 Å². The summed E-state index contributed by atoms with van der Waals surface area (Å²) in [5.41, 5.74) is 5.63. The van der Waals surface area contributed by atoms with Crippen molar-refractivity contribution in [2.24, 2.45) is 0 Å². The first-order valence-corrected chi connectivity index (χ1v) is 7.93. The fourth-order valence-electron chi connectivity index (χ4n) is 3.47. The van der Waals surface area contributed by atoms with Crippen LogP contribution in [0.3, 0.4) is 0 Å². The molecule has 23 heavy (non-hydrogen) atoms. The second-order valence-electron chi connectivity index (χ2n) is 6.74. The van der Waals surface area contributed by atoms with Crippen molar-refractivity contribution in [3.8, 4) is 11.4 Å². The van der Waals surface area contributed by atoms with Gasteiger partial charge in [-0.2, -0.15) is 5.10 Å². The molecular weight excluding hydrogens is 288 g/mol. The number of carbonyl (C=O) groups is 1. The maximum atomic E-state index is 12.6. The number of hydrogen-bond donors (Lipinski definition) is 2. The van der Waals surface area contributed by atoms with Crippen LogP contribution in [-0.4, -0.2) is 27.6 Å². The monoisotopic (exact) mass is 308 g/mol. The Hall–Kier alpha value is -2.56. The first-order valence-electron chi connectivity index (χ1n) is 7.93.